The summed E-state index contributed by atoms with van der Waals surface area (Å²) in [6, 6.07) is 3.09. The van der Waals surface area contributed by atoms with Gasteiger partial charge in [0.1, 0.15) is 0 Å². The zero-order valence-electron chi connectivity index (χ0n) is 13.4. The van der Waals surface area contributed by atoms with Crippen molar-refractivity contribution >= 4 is 0 Å². The van der Waals surface area contributed by atoms with Gasteiger partial charge in [-0.15, -0.1) is 0 Å². The van der Waals surface area contributed by atoms with Crippen LogP contribution in [0.15, 0.2) is 0 Å². The highest BCUT2D eigenvalue weighted by Gasteiger charge is 2.33. The number of hydrogen-bond donors (Lipinski definition) is 0. The van der Waals surface area contributed by atoms with Gasteiger partial charge in [-0.3, -0.25) is 4.90 Å². The lowest BCUT2D eigenvalue weighted by atomic mass is 9.77. The summed E-state index contributed by atoms with van der Waals surface area (Å²) in [4.78, 5) is 2.60. The molecule has 1 aliphatic carbocycles. The predicted molar refractivity (Wildman–Crippen MR) is 81.8 cm³/mol. The summed E-state index contributed by atoms with van der Waals surface area (Å²) >= 11 is 0. The summed E-state index contributed by atoms with van der Waals surface area (Å²) in [6.45, 7) is 11.4. The lowest BCUT2D eigenvalue weighted by molar-refractivity contribution is 0.0874. The van der Waals surface area contributed by atoms with Crippen LogP contribution in [0, 0.1) is 29.1 Å². The van der Waals surface area contributed by atoms with E-state index in [1.807, 2.05) is 0 Å². The monoisotopic (exact) mass is 264 g/mol. The molecule has 0 heterocycles. The van der Waals surface area contributed by atoms with Crippen molar-refractivity contribution in [1.82, 2.24) is 4.90 Å². The van der Waals surface area contributed by atoms with Crippen LogP contribution in [0.5, 0.6) is 0 Å². The highest BCUT2D eigenvalue weighted by atomic mass is 15.2. The van der Waals surface area contributed by atoms with E-state index >= 15 is 0 Å². The molecule has 1 saturated carbocycles. The van der Waals surface area contributed by atoms with Gasteiger partial charge in [0, 0.05) is 12.6 Å². The maximum absolute atomic E-state index is 9.44. The Morgan fingerprint density at radius 3 is 2.32 bits per heavy atom. The van der Waals surface area contributed by atoms with Gasteiger partial charge in [0.15, 0.2) is 0 Å². The quantitative estimate of drug-likeness (QED) is 0.678. The third-order valence-corrected chi connectivity index (χ3v) is 5.19. The average Bonchev–Trinajstić information content (AvgIpc) is 2.48. The van der Waals surface area contributed by atoms with Gasteiger partial charge in [0.05, 0.1) is 12.0 Å². The Morgan fingerprint density at radius 2 is 1.84 bits per heavy atom. The first-order valence-electron chi connectivity index (χ1n) is 8.33. The molecule has 0 aliphatic heterocycles. The van der Waals surface area contributed by atoms with Crippen LogP contribution in [0.2, 0.25) is 0 Å². The van der Waals surface area contributed by atoms with E-state index in [-0.39, 0.29) is 5.92 Å². The van der Waals surface area contributed by atoms with Crippen LogP contribution in [0.3, 0.4) is 0 Å². The van der Waals surface area contributed by atoms with Crippen molar-refractivity contribution in [2.45, 2.75) is 72.3 Å². The summed E-state index contributed by atoms with van der Waals surface area (Å²) < 4.78 is 0. The SMILES string of the molecule is CCC1CCC(C#N)C(N(CC)CC(CC)CC)C1. The van der Waals surface area contributed by atoms with Crippen molar-refractivity contribution in [2.24, 2.45) is 17.8 Å². The molecule has 0 aromatic heterocycles. The molecule has 110 valence electrons. The summed E-state index contributed by atoms with van der Waals surface area (Å²) in [5, 5.41) is 9.44. The van der Waals surface area contributed by atoms with Crippen LogP contribution in [0.25, 0.3) is 0 Å². The number of nitrogens with zero attached hydrogens (tertiary/aromatic N) is 2. The Kier molecular flexibility index (Phi) is 7.46. The van der Waals surface area contributed by atoms with E-state index in [4.69, 9.17) is 0 Å². The van der Waals surface area contributed by atoms with E-state index in [9.17, 15) is 5.26 Å². The Hall–Kier alpha value is -0.550. The lowest BCUT2D eigenvalue weighted by Gasteiger charge is -2.41. The van der Waals surface area contributed by atoms with Crippen molar-refractivity contribution in [2.75, 3.05) is 13.1 Å². The van der Waals surface area contributed by atoms with Gasteiger partial charge >= 0.3 is 0 Å². The molecule has 19 heavy (non-hydrogen) atoms. The summed E-state index contributed by atoms with van der Waals surface area (Å²) in [7, 11) is 0. The second-order valence-corrected chi connectivity index (χ2v) is 6.16. The molecule has 0 radical (unpaired) electrons. The molecular weight excluding hydrogens is 232 g/mol. The molecule has 0 aromatic rings. The molecule has 3 unspecified atom stereocenters. The fourth-order valence-corrected chi connectivity index (χ4v) is 3.53. The first kappa shape index (κ1) is 16.5. The van der Waals surface area contributed by atoms with Gasteiger partial charge < -0.3 is 0 Å². The summed E-state index contributed by atoms with van der Waals surface area (Å²) in [5.74, 6) is 1.89. The molecule has 0 spiro atoms. The first-order valence-corrected chi connectivity index (χ1v) is 8.33. The highest BCUT2D eigenvalue weighted by Crippen LogP contribution is 2.34. The van der Waals surface area contributed by atoms with Crippen LogP contribution in [-0.4, -0.2) is 24.0 Å². The second kappa shape index (κ2) is 8.59. The number of hydrogen-bond acceptors (Lipinski definition) is 2. The third-order valence-electron chi connectivity index (χ3n) is 5.19. The first-order chi connectivity index (χ1) is 9.19. The summed E-state index contributed by atoms with van der Waals surface area (Å²) in [5.41, 5.74) is 0. The Bertz CT molecular complexity index is 277. The third kappa shape index (κ3) is 4.49. The Balaban J connectivity index is 2.71. The lowest BCUT2D eigenvalue weighted by Crippen LogP contribution is -2.46. The zero-order valence-corrected chi connectivity index (χ0v) is 13.4. The molecule has 1 fully saturated rings. The van der Waals surface area contributed by atoms with Crippen molar-refractivity contribution in [1.29, 1.82) is 5.26 Å². The van der Waals surface area contributed by atoms with E-state index in [0.29, 0.717) is 6.04 Å². The van der Waals surface area contributed by atoms with E-state index in [2.05, 4.69) is 38.7 Å². The van der Waals surface area contributed by atoms with E-state index in [1.54, 1.807) is 0 Å². The normalized spacial score (nSPS) is 27.7. The van der Waals surface area contributed by atoms with Crippen molar-refractivity contribution < 1.29 is 0 Å². The molecule has 0 amide bonds. The van der Waals surface area contributed by atoms with Crippen molar-refractivity contribution in [3.05, 3.63) is 0 Å². The van der Waals surface area contributed by atoms with Crippen LogP contribution in [0.1, 0.15) is 66.2 Å². The molecule has 0 N–H and O–H groups in total. The van der Waals surface area contributed by atoms with Crippen LogP contribution in [-0.2, 0) is 0 Å². The minimum absolute atomic E-state index is 0.261. The largest absolute Gasteiger partial charge is 0.299 e. The minimum atomic E-state index is 0.261. The molecule has 0 aromatic carbocycles. The standard InChI is InChI=1S/C17H32N2/c1-5-14(6-2)13-19(8-4)17-11-15(7-3)9-10-16(17)12-18/h14-17H,5-11,13H2,1-4H3. The maximum Gasteiger partial charge on any atom is 0.0672 e. The van der Waals surface area contributed by atoms with Gasteiger partial charge in [-0.2, -0.15) is 5.26 Å². The van der Waals surface area contributed by atoms with Crippen molar-refractivity contribution in [3.8, 4) is 6.07 Å². The van der Waals surface area contributed by atoms with E-state index in [1.165, 1.54) is 38.6 Å². The minimum Gasteiger partial charge on any atom is -0.299 e. The molecule has 0 saturated heterocycles. The smallest absolute Gasteiger partial charge is 0.0672 e. The van der Waals surface area contributed by atoms with E-state index < -0.39 is 0 Å². The molecule has 1 rings (SSSR count). The maximum atomic E-state index is 9.44. The molecule has 2 nitrogen and oxygen atoms in total. The highest BCUT2D eigenvalue weighted by molar-refractivity contribution is 4.97. The molecular formula is C17H32N2. The number of nitriles is 1. The number of rotatable bonds is 7. The fourth-order valence-electron chi connectivity index (χ4n) is 3.53. The average molecular weight is 264 g/mol. The van der Waals surface area contributed by atoms with E-state index in [0.717, 1.165) is 24.8 Å². The second-order valence-electron chi connectivity index (χ2n) is 6.16. The Morgan fingerprint density at radius 1 is 1.16 bits per heavy atom. The zero-order chi connectivity index (χ0) is 14.3. The van der Waals surface area contributed by atoms with Gasteiger partial charge in [-0.25, -0.2) is 0 Å². The van der Waals surface area contributed by atoms with Gasteiger partial charge in [0.2, 0.25) is 0 Å². The molecule has 3 atom stereocenters. The Labute approximate surface area is 120 Å². The van der Waals surface area contributed by atoms with Gasteiger partial charge in [-0.1, -0.05) is 47.0 Å². The van der Waals surface area contributed by atoms with Crippen molar-refractivity contribution in [3.63, 3.8) is 0 Å². The van der Waals surface area contributed by atoms with Gasteiger partial charge in [0.25, 0.3) is 0 Å². The van der Waals surface area contributed by atoms with Crippen LogP contribution in [0.4, 0.5) is 0 Å². The molecule has 0 bridgehead atoms. The molecule has 1 aliphatic rings. The van der Waals surface area contributed by atoms with Gasteiger partial charge in [-0.05, 0) is 37.6 Å². The summed E-state index contributed by atoms with van der Waals surface area (Å²) in [6.07, 6.45) is 7.40. The molecule has 2 heteroatoms. The van der Waals surface area contributed by atoms with Crippen LogP contribution < -0.4 is 0 Å². The topological polar surface area (TPSA) is 27.0 Å². The predicted octanol–water partition coefficient (Wildman–Crippen LogP) is 4.46. The van der Waals surface area contributed by atoms with Crippen LogP contribution >= 0.6 is 0 Å². The fraction of sp³-hybridized carbons (Fsp3) is 0.941.